The molecule has 0 spiro atoms. The van der Waals surface area contributed by atoms with Crippen molar-refractivity contribution in [3.05, 3.63) is 36.0 Å². The van der Waals surface area contributed by atoms with Crippen molar-refractivity contribution in [2.24, 2.45) is 0 Å². The third-order valence-electron chi connectivity index (χ3n) is 3.59. The smallest absolute Gasteiger partial charge is 0.237 e. The number of aromatic amines is 1. The molecule has 3 rings (SSSR count). The first kappa shape index (κ1) is 12.2. The van der Waals surface area contributed by atoms with E-state index in [2.05, 4.69) is 27.8 Å². The lowest BCUT2D eigenvalue weighted by atomic mass is 10.1. The zero-order valence-corrected chi connectivity index (χ0v) is 11.1. The van der Waals surface area contributed by atoms with E-state index in [4.69, 9.17) is 0 Å². The molecular weight excluding hydrogens is 238 g/mol. The second kappa shape index (κ2) is 5.05. The molecule has 1 unspecified atom stereocenters. The number of nitrogens with one attached hydrogen (secondary N) is 3. The minimum absolute atomic E-state index is 0.0994. The Kier molecular flexibility index (Phi) is 3.25. The molecule has 2 aromatic rings. The maximum Gasteiger partial charge on any atom is 0.237 e. The van der Waals surface area contributed by atoms with E-state index in [1.54, 1.807) is 0 Å². The van der Waals surface area contributed by atoms with Crippen molar-refractivity contribution in [3.8, 4) is 0 Å². The molecule has 0 bridgehead atoms. The molecule has 19 heavy (non-hydrogen) atoms. The lowest BCUT2D eigenvalue weighted by molar-refractivity contribution is -0.122. The molecule has 0 saturated heterocycles. The fraction of sp³-hybridized carbons (Fsp3) is 0.400. The van der Waals surface area contributed by atoms with Crippen LogP contribution in [0.15, 0.2) is 30.5 Å². The molecular formula is C15H19N3O. The van der Waals surface area contributed by atoms with Gasteiger partial charge < -0.3 is 15.6 Å². The number of rotatable bonds is 5. The second-order valence-electron chi connectivity index (χ2n) is 5.24. The molecule has 1 aromatic carbocycles. The van der Waals surface area contributed by atoms with Gasteiger partial charge in [0.2, 0.25) is 5.91 Å². The number of benzene rings is 1. The van der Waals surface area contributed by atoms with Crippen LogP contribution >= 0.6 is 0 Å². The van der Waals surface area contributed by atoms with Crippen molar-refractivity contribution in [1.82, 2.24) is 15.6 Å². The second-order valence-corrected chi connectivity index (χ2v) is 5.24. The Labute approximate surface area is 112 Å². The Balaban J connectivity index is 1.60. The summed E-state index contributed by atoms with van der Waals surface area (Å²) in [5.41, 5.74) is 2.33. The van der Waals surface area contributed by atoms with Crippen molar-refractivity contribution in [2.75, 3.05) is 0 Å². The number of aromatic nitrogens is 1. The fourth-order valence-electron chi connectivity index (χ4n) is 2.19. The highest BCUT2D eigenvalue weighted by atomic mass is 16.2. The van der Waals surface area contributed by atoms with Crippen LogP contribution in [0.3, 0.4) is 0 Å². The molecule has 1 aliphatic rings. The van der Waals surface area contributed by atoms with Crippen LogP contribution in [-0.2, 0) is 11.3 Å². The third kappa shape index (κ3) is 2.79. The quantitative estimate of drug-likeness (QED) is 0.766. The number of amides is 1. The van der Waals surface area contributed by atoms with E-state index in [0.29, 0.717) is 12.6 Å². The molecule has 1 saturated carbocycles. The molecule has 1 aliphatic carbocycles. The lowest BCUT2D eigenvalue weighted by Crippen LogP contribution is -2.42. The Morgan fingerprint density at radius 1 is 1.42 bits per heavy atom. The van der Waals surface area contributed by atoms with E-state index in [1.165, 1.54) is 10.9 Å². The molecule has 0 radical (unpaired) electrons. The van der Waals surface area contributed by atoms with Gasteiger partial charge in [-0.3, -0.25) is 4.79 Å². The van der Waals surface area contributed by atoms with Gasteiger partial charge in [-0.2, -0.15) is 0 Å². The van der Waals surface area contributed by atoms with Crippen LogP contribution in [0.1, 0.15) is 25.3 Å². The van der Waals surface area contributed by atoms with Gasteiger partial charge in [-0.05, 0) is 31.4 Å². The van der Waals surface area contributed by atoms with Crippen LogP contribution in [0.4, 0.5) is 0 Å². The minimum Gasteiger partial charge on any atom is -0.361 e. The fourth-order valence-corrected chi connectivity index (χ4v) is 2.19. The molecule has 1 atom stereocenters. The first-order valence-electron chi connectivity index (χ1n) is 6.83. The van der Waals surface area contributed by atoms with Gasteiger partial charge in [0.15, 0.2) is 0 Å². The molecule has 100 valence electrons. The van der Waals surface area contributed by atoms with E-state index < -0.39 is 0 Å². The summed E-state index contributed by atoms with van der Waals surface area (Å²) in [4.78, 5) is 15.1. The Morgan fingerprint density at radius 2 is 2.21 bits per heavy atom. The number of carbonyl (C=O) groups is 1. The molecule has 1 aromatic heterocycles. The number of H-pyrrole nitrogens is 1. The number of para-hydroxylation sites is 1. The zero-order chi connectivity index (χ0) is 13.2. The molecule has 4 heteroatoms. The number of hydrogen-bond acceptors (Lipinski definition) is 2. The third-order valence-corrected chi connectivity index (χ3v) is 3.59. The monoisotopic (exact) mass is 257 g/mol. The SMILES string of the molecule is CC(NCc1c[nH]c2ccccc12)C(=O)NC1CC1. The van der Waals surface area contributed by atoms with Crippen LogP contribution in [0, 0.1) is 0 Å². The largest absolute Gasteiger partial charge is 0.361 e. The highest BCUT2D eigenvalue weighted by molar-refractivity contribution is 5.83. The molecule has 4 nitrogen and oxygen atoms in total. The first-order chi connectivity index (χ1) is 9.24. The predicted octanol–water partition coefficient (Wildman–Crippen LogP) is 1.92. The molecule has 1 heterocycles. The highest BCUT2D eigenvalue weighted by Gasteiger charge is 2.25. The summed E-state index contributed by atoms with van der Waals surface area (Å²) in [5.74, 6) is 0.0994. The van der Waals surface area contributed by atoms with Crippen LogP contribution < -0.4 is 10.6 Å². The minimum atomic E-state index is -0.158. The summed E-state index contributed by atoms with van der Waals surface area (Å²) in [7, 11) is 0. The summed E-state index contributed by atoms with van der Waals surface area (Å²) in [6, 6.07) is 8.46. The summed E-state index contributed by atoms with van der Waals surface area (Å²) in [5, 5.41) is 7.50. The van der Waals surface area contributed by atoms with Crippen LogP contribution in [0.2, 0.25) is 0 Å². The standard InChI is InChI=1S/C15H19N3O/c1-10(15(19)18-12-6-7-12)16-8-11-9-17-14-5-3-2-4-13(11)14/h2-5,9-10,12,16-17H,6-8H2,1H3,(H,18,19). The van der Waals surface area contributed by atoms with Gasteiger partial charge >= 0.3 is 0 Å². The van der Waals surface area contributed by atoms with Crippen molar-refractivity contribution in [3.63, 3.8) is 0 Å². The van der Waals surface area contributed by atoms with Crippen molar-refractivity contribution in [2.45, 2.75) is 38.4 Å². The van der Waals surface area contributed by atoms with Gasteiger partial charge in [-0.15, -0.1) is 0 Å². The number of carbonyl (C=O) groups excluding carboxylic acids is 1. The average Bonchev–Trinajstić information content (AvgIpc) is 3.14. The van der Waals surface area contributed by atoms with Crippen molar-refractivity contribution < 1.29 is 4.79 Å². The van der Waals surface area contributed by atoms with E-state index in [0.717, 1.165) is 18.4 Å². The van der Waals surface area contributed by atoms with Gasteiger partial charge in [0.25, 0.3) is 0 Å². The Hall–Kier alpha value is -1.81. The normalized spacial score (nSPS) is 16.5. The summed E-state index contributed by atoms with van der Waals surface area (Å²) in [6.45, 7) is 2.61. The highest BCUT2D eigenvalue weighted by Crippen LogP contribution is 2.19. The van der Waals surface area contributed by atoms with Gasteiger partial charge in [0.05, 0.1) is 6.04 Å². The van der Waals surface area contributed by atoms with Crippen LogP contribution in [0.25, 0.3) is 10.9 Å². The summed E-state index contributed by atoms with van der Waals surface area (Å²) >= 11 is 0. The maximum absolute atomic E-state index is 11.8. The lowest BCUT2D eigenvalue weighted by Gasteiger charge is -2.13. The topological polar surface area (TPSA) is 56.9 Å². The molecule has 1 fully saturated rings. The number of fused-ring (bicyclic) bond motifs is 1. The van der Waals surface area contributed by atoms with E-state index in [9.17, 15) is 4.79 Å². The Bertz CT molecular complexity index is 586. The first-order valence-corrected chi connectivity index (χ1v) is 6.83. The van der Waals surface area contributed by atoms with Crippen molar-refractivity contribution >= 4 is 16.8 Å². The van der Waals surface area contributed by atoms with Gasteiger partial charge in [0, 0.05) is 29.7 Å². The average molecular weight is 257 g/mol. The van der Waals surface area contributed by atoms with Gasteiger partial charge in [-0.25, -0.2) is 0 Å². The van der Waals surface area contributed by atoms with Crippen molar-refractivity contribution in [1.29, 1.82) is 0 Å². The van der Waals surface area contributed by atoms with E-state index in [1.807, 2.05) is 25.3 Å². The van der Waals surface area contributed by atoms with E-state index >= 15 is 0 Å². The zero-order valence-electron chi connectivity index (χ0n) is 11.1. The van der Waals surface area contributed by atoms with Crippen LogP contribution in [-0.4, -0.2) is 23.0 Å². The Morgan fingerprint density at radius 3 is 3.00 bits per heavy atom. The summed E-state index contributed by atoms with van der Waals surface area (Å²) in [6.07, 6.45) is 4.25. The number of hydrogen-bond donors (Lipinski definition) is 3. The van der Waals surface area contributed by atoms with Gasteiger partial charge in [0.1, 0.15) is 0 Å². The molecule has 1 amide bonds. The molecule has 3 N–H and O–H groups in total. The summed E-state index contributed by atoms with van der Waals surface area (Å²) < 4.78 is 0. The predicted molar refractivity (Wildman–Crippen MR) is 75.8 cm³/mol. The van der Waals surface area contributed by atoms with Gasteiger partial charge in [-0.1, -0.05) is 18.2 Å². The van der Waals surface area contributed by atoms with Crippen LogP contribution in [0.5, 0.6) is 0 Å². The maximum atomic E-state index is 11.8. The van der Waals surface area contributed by atoms with E-state index in [-0.39, 0.29) is 11.9 Å². The molecule has 0 aliphatic heterocycles.